The Balaban J connectivity index is 2.76. The number of hydrogen-bond acceptors (Lipinski definition) is 4. The van der Waals surface area contributed by atoms with Gasteiger partial charge in [-0.2, -0.15) is 0 Å². The van der Waals surface area contributed by atoms with Gasteiger partial charge in [-0.15, -0.1) is 0 Å². The number of amides is 2. The van der Waals surface area contributed by atoms with E-state index in [0.717, 1.165) is 0 Å². The molecule has 0 unspecified atom stereocenters. The van der Waals surface area contributed by atoms with Gasteiger partial charge in [0.05, 0.1) is 0 Å². The zero-order chi connectivity index (χ0) is 9.14. The van der Waals surface area contributed by atoms with Gasteiger partial charge in [-0.3, -0.25) is 24.5 Å². The van der Waals surface area contributed by atoms with Crippen molar-refractivity contribution in [2.24, 2.45) is 0 Å². The highest BCUT2D eigenvalue weighted by Gasteiger charge is 2.26. The molecule has 0 aliphatic carbocycles. The van der Waals surface area contributed by atoms with Crippen LogP contribution in [0, 0.1) is 0 Å². The topological polar surface area (TPSA) is 80.3 Å². The summed E-state index contributed by atoms with van der Waals surface area (Å²) in [6.45, 7) is 0. The highest BCUT2D eigenvalue weighted by atomic mass is 16.2. The maximum absolute atomic E-state index is 10.8. The van der Waals surface area contributed by atoms with Crippen molar-refractivity contribution in [3.05, 3.63) is 0 Å². The number of nitrogens with one attached hydrogen (secondary N) is 1. The molecule has 0 bridgehead atoms. The van der Waals surface area contributed by atoms with E-state index in [0.29, 0.717) is 6.42 Å². The number of hydrogen-bond donors (Lipinski definition) is 1. The molecule has 5 heteroatoms. The van der Waals surface area contributed by atoms with Crippen molar-refractivity contribution in [2.75, 3.05) is 0 Å². The molecule has 64 valence electrons. The summed E-state index contributed by atoms with van der Waals surface area (Å²) in [6, 6.07) is 0. The minimum Gasteiger partial charge on any atom is -0.290 e. The summed E-state index contributed by atoms with van der Waals surface area (Å²) < 4.78 is 0. The molecule has 1 fully saturated rings. The molecule has 0 aromatic carbocycles. The summed E-state index contributed by atoms with van der Waals surface area (Å²) in [5, 5.41) is 1.81. The first-order valence-corrected chi connectivity index (χ1v) is 3.52. The lowest BCUT2D eigenvalue weighted by atomic mass is 10.1. The van der Waals surface area contributed by atoms with Gasteiger partial charge in [0.1, 0.15) is 0 Å². The molecule has 0 radical (unpaired) electrons. The standard InChI is InChI=1S/C7H7NO4/c9-4-2-1-3-5(10)8-7(12)6(4)11/h1-3H2,(H,8,10,12). The predicted molar refractivity (Wildman–Crippen MR) is 37.0 cm³/mol. The van der Waals surface area contributed by atoms with Crippen LogP contribution in [-0.4, -0.2) is 23.4 Å². The molecule has 5 nitrogen and oxygen atoms in total. The van der Waals surface area contributed by atoms with Crippen LogP contribution in [0.2, 0.25) is 0 Å². The van der Waals surface area contributed by atoms with E-state index < -0.39 is 23.4 Å². The largest absolute Gasteiger partial charge is 0.302 e. The van der Waals surface area contributed by atoms with E-state index in [1.54, 1.807) is 0 Å². The molecule has 0 atom stereocenters. The van der Waals surface area contributed by atoms with E-state index in [4.69, 9.17) is 0 Å². The number of imide groups is 1. The number of ketones is 2. The molecule has 1 saturated heterocycles. The van der Waals surface area contributed by atoms with Crippen LogP contribution in [0.15, 0.2) is 0 Å². The predicted octanol–water partition coefficient (Wildman–Crippen LogP) is -1.05. The minimum atomic E-state index is -1.12. The normalized spacial score (nSPS) is 20.0. The third-order valence-electron chi connectivity index (χ3n) is 1.52. The molecule has 1 N–H and O–H groups in total. The Kier molecular flexibility index (Phi) is 2.32. The Bertz CT molecular complexity index is 269. The van der Waals surface area contributed by atoms with Crippen LogP contribution >= 0.6 is 0 Å². The lowest BCUT2D eigenvalue weighted by Crippen LogP contribution is -2.41. The summed E-state index contributed by atoms with van der Waals surface area (Å²) in [4.78, 5) is 42.9. The van der Waals surface area contributed by atoms with E-state index in [9.17, 15) is 19.2 Å². The van der Waals surface area contributed by atoms with Gasteiger partial charge in [0.15, 0.2) is 0 Å². The van der Waals surface area contributed by atoms with E-state index in [2.05, 4.69) is 0 Å². The first-order valence-electron chi connectivity index (χ1n) is 3.52. The summed E-state index contributed by atoms with van der Waals surface area (Å²) in [5.41, 5.74) is 0. The van der Waals surface area contributed by atoms with Crippen LogP contribution in [0.3, 0.4) is 0 Å². The van der Waals surface area contributed by atoms with Gasteiger partial charge in [-0.05, 0) is 6.42 Å². The Morgan fingerprint density at radius 3 is 2.33 bits per heavy atom. The molecular weight excluding hydrogens is 162 g/mol. The molecule has 1 aliphatic heterocycles. The van der Waals surface area contributed by atoms with E-state index in [1.807, 2.05) is 5.32 Å². The van der Waals surface area contributed by atoms with Crippen molar-refractivity contribution in [1.82, 2.24) is 5.32 Å². The van der Waals surface area contributed by atoms with Crippen molar-refractivity contribution in [2.45, 2.75) is 19.3 Å². The third kappa shape index (κ3) is 1.75. The van der Waals surface area contributed by atoms with Crippen LogP contribution < -0.4 is 5.32 Å². The number of rotatable bonds is 0. The van der Waals surface area contributed by atoms with Gasteiger partial charge in [0, 0.05) is 12.8 Å². The van der Waals surface area contributed by atoms with Crippen LogP contribution in [-0.2, 0) is 19.2 Å². The zero-order valence-corrected chi connectivity index (χ0v) is 6.25. The van der Waals surface area contributed by atoms with Crippen LogP contribution in [0.25, 0.3) is 0 Å². The second kappa shape index (κ2) is 3.25. The molecule has 0 saturated carbocycles. The third-order valence-corrected chi connectivity index (χ3v) is 1.52. The molecule has 1 rings (SSSR count). The van der Waals surface area contributed by atoms with Crippen LogP contribution in [0.4, 0.5) is 0 Å². The SMILES string of the molecule is O=C1CCCC(=O)C(=O)C(=O)N1. The van der Waals surface area contributed by atoms with Crippen molar-refractivity contribution in [1.29, 1.82) is 0 Å². The summed E-state index contributed by atoms with van der Waals surface area (Å²) in [6.07, 6.45) is 0.423. The summed E-state index contributed by atoms with van der Waals surface area (Å²) >= 11 is 0. The number of carbonyl (C=O) groups is 4. The van der Waals surface area contributed by atoms with Crippen LogP contribution in [0.1, 0.15) is 19.3 Å². The van der Waals surface area contributed by atoms with Gasteiger partial charge in [-0.25, -0.2) is 0 Å². The molecular formula is C7H7NO4. The second-order valence-corrected chi connectivity index (χ2v) is 2.48. The van der Waals surface area contributed by atoms with Gasteiger partial charge in [-0.1, -0.05) is 0 Å². The van der Waals surface area contributed by atoms with Gasteiger partial charge in [0.25, 0.3) is 5.78 Å². The van der Waals surface area contributed by atoms with Gasteiger partial charge >= 0.3 is 5.91 Å². The second-order valence-electron chi connectivity index (χ2n) is 2.48. The maximum atomic E-state index is 10.8. The highest BCUT2D eigenvalue weighted by Crippen LogP contribution is 2.00. The van der Waals surface area contributed by atoms with E-state index in [1.165, 1.54) is 0 Å². The van der Waals surface area contributed by atoms with Crippen molar-refractivity contribution < 1.29 is 19.2 Å². The van der Waals surface area contributed by atoms with Gasteiger partial charge in [0.2, 0.25) is 11.7 Å². The lowest BCUT2D eigenvalue weighted by molar-refractivity contribution is -0.147. The molecule has 0 aromatic heterocycles. The molecule has 0 aromatic rings. The van der Waals surface area contributed by atoms with Crippen molar-refractivity contribution in [3.8, 4) is 0 Å². The minimum absolute atomic E-state index is 0.0159. The van der Waals surface area contributed by atoms with Crippen molar-refractivity contribution >= 4 is 23.4 Å². The highest BCUT2D eigenvalue weighted by molar-refractivity contribution is 6.64. The van der Waals surface area contributed by atoms with Crippen molar-refractivity contribution in [3.63, 3.8) is 0 Å². The lowest BCUT2D eigenvalue weighted by Gasteiger charge is -2.05. The molecule has 2 amide bonds. The van der Waals surface area contributed by atoms with Gasteiger partial charge < -0.3 is 0 Å². The quantitative estimate of drug-likeness (QED) is 0.370. The summed E-state index contributed by atoms with van der Waals surface area (Å²) in [5.74, 6) is -3.45. The smallest absolute Gasteiger partial charge is 0.290 e. The molecule has 12 heavy (non-hydrogen) atoms. The molecule has 0 spiro atoms. The first-order chi connectivity index (χ1) is 5.61. The molecule has 1 heterocycles. The Labute approximate surface area is 68.1 Å². The fourth-order valence-corrected chi connectivity index (χ4v) is 0.896. The Hall–Kier alpha value is -1.52. The number of Topliss-reactive ketones (excluding diaryl/α,β-unsaturated/α-hetero) is 2. The molecule has 1 aliphatic rings. The fourth-order valence-electron chi connectivity index (χ4n) is 0.896. The monoisotopic (exact) mass is 169 g/mol. The number of carbonyl (C=O) groups excluding carboxylic acids is 4. The average molecular weight is 169 g/mol. The Morgan fingerprint density at radius 2 is 1.67 bits per heavy atom. The van der Waals surface area contributed by atoms with Crippen LogP contribution in [0.5, 0.6) is 0 Å². The first kappa shape index (κ1) is 8.58. The zero-order valence-electron chi connectivity index (χ0n) is 6.25. The van der Waals surface area contributed by atoms with E-state index in [-0.39, 0.29) is 12.8 Å². The Morgan fingerprint density at radius 1 is 1.00 bits per heavy atom. The fraction of sp³-hybridized carbons (Fsp3) is 0.429. The summed E-state index contributed by atoms with van der Waals surface area (Å²) in [7, 11) is 0. The average Bonchev–Trinajstić information content (AvgIpc) is 2.01. The van der Waals surface area contributed by atoms with E-state index >= 15 is 0 Å². The maximum Gasteiger partial charge on any atom is 0.302 e.